The van der Waals surface area contributed by atoms with E-state index in [1.807, 2.05) is 42.5 Å². The number of fused-ring (bicyclic) bond motifs is 1. The minimum atomic E-state index is -0.674. The fraction of sp³-hybridized carbons (Fsp3) is 0.208. The Morgan fingerprint density at radius 3 is 2.43 bits per heavy atom. The van der Waals surface area contributed by atoms with E-state index in [1.54, 1.807) is 12.1 Å². The van der Waals surface area contributed by atoms with Crippen molar-refractivity contribution in [1.82, 2.24) is 0 Å². The van der Waals surface area contributed by atoms with E-state index in [4.69, 9.17) is 9.47 Å². The van der Waals surface area contributed by atoms with Gasteiger partial charge in [-0.15, -0.1) is 0 Å². The standard InChI is InChI=1S/C24H20FNO4/c25-19-7-5-17(16-3-1-15(13-27)2-4-16)11-20(19)26-23(28)24(9-10-24)18-6-8-21-22(12-18)30-14-29-21/h1-8,11-12,27H,9-10,13-14H2,(H,26,28). The Labute approximate surface area is 173 Å². The van der Waals surface area contributed by atoms with Gasteiger partial charge in [0.2, 0.25) is 12.7 Å². The van der Waals surface area contributed by atoms with Gasteiger partial charge >= 0.3 is 0 Å². The number of benzene rings is 3. The lowest BCUT2D eigenvalue weighted by Gasteiger charge is -2.17. The van der Waals surface area contributed by atoms with Crippen molar-refractivity contribution in [1.29, 1.82) is 0 Å². The number of carbonyl (C=O) groups excluding carboxylic acids is 1. The van der Waals surface area contributed by atoms with Gasteiger partial charge in [0.15, 0.2) is 11.5 Å². The van der Waals surface area contributed by atoms with Gasteiger partial charge in [-0.25, -0.2) is 4.39 Å². The van der Waals surface area contributed by atoms with Crippen LogP contribution in [-0.4, -0.2) is 17.8 Å². The normalized spacial score (nSPS) is 15.7. The summed E-state index contributed by atoms with van der Waals surface area (Å²) in [5.74, 6) is 0.584. The van der Waals surface area contributed by atoms with E-state index in [2.05, 4.69) is 5.32 Å². The van der Waals surface area contributed by atoms with Gasteiger partial charge < -0.3 is 19.9 Å². The Morgan fingerprint density at radius 1 is 0.967 bits per heavy atom. The summed E-state index contributed by atoms with van der Waals surface area (Å²) < 4.78 is 25.2. The third-order valence-corrected chi connectivity index (χ3v) is 5.79. The van der Waals surface area contributed by atoms with Gasteiger partial charge in [0.25, 0.3) is 0 Å². The van der Waals surface area contributed by atoms with Crippen LogP contribution < -0.4 is 14.8 Å². The van der Waals surface area contributed by atoms with Crippen molar-refractivity contribution >= 4 is 11.6 Å². The molecule has 152 valence electrons. The highest BCUT2D eigenvalue weighted by molar-refractivity contribution is 6.02. The van der Waals surface area contributed by atoms with E-state index in [9.17, 15) is 14.3 Å². The second-order valence-corrected chi connectivity index (χ2v) is 7.65. The maximum absolute atomic E-state index is 14.5. The summed E-state index contributed by atoms with van der Waals surface area (Å²) in [5, 5.41) is 12.0. The molecule has 2 N–H and O–H groups in total. The first-order valence-corrected chi connectivity index (χ1v) is 9.80. The molecule has 1 saturated carbocycles. The van der Waals surface area contributed by atoms with Gasteiger partial charge in [-0.2, -0.15) is 0 Å². The van der Waals surface area contributed by atoms with Crippen molar-refractivity contribution < 1.29 is 23.8 Å². The summed E-state index contributed by atoms with van der Waals surface area (Å²) >= 11 is 0. The molecule has 1 amide bonds. The maximum atomic E-state index is 14.5. The lowest BCUT2D eigenvalue weighted by molar-refractivity contribution is -0.118. The smallest absolute Gasteiger partial charge is 0.235 e. The fourth-order valence-electron chi connectivity index (χ4n) is 3.81. The molecule has 3 aromatic rings. The lowest BCUT2D eigenvalue weighted by Crippen LogP contribution is -2.28. The summed E-state index contributed by atoms with van der Waals surface area (Å²) in [6.45, 7) is 0.141. The topological polar surface area (TPSA) is 67.8 Å². The average molecular weight is 405 g/mol. The largest absolute Gasteiger partial charge is 0.454 e. The van der Waals surface area contributed by atoms with E-state index >= 15 is 0 Å². The fourth-order valence-corrected chi connectivity index (χ4v) is 3.81. The molecule has 0 saturated heterocycles. The second kappa shape index (κ2) is 7.15. The third kappa shape index (κ3) is 3.19. The van der Waals surface area contributed by atoms with Gasteiger partial charge in [-0.05, 0) is 59.4 Å². The number of hydrogen-bond donors (Lipinski definition) is 2. The number of aliphatic hydroxyl groups excluding tert-OH is 1. The zero-order chi connectivity index (χ0) is 20.7. The minimum Gasteiger partial charge on any atom is -0.454 e. The van der Waals surface area contributed by atoms with Crippen molar-refractivity contribution in [3.8, 4) is 22.6 Å². The summed E-state index contributed by atoms with van der Waals surface area (Å²) in [6.07, 6.45) is 1.39. The van der Waals surface area contributed by atoms with Crippen LogP contribution in [0.3, 0.4) is 0 Å². The quantitative estimate of drug-likeness (QED) is 0.661. The molecule has 1 heterocycles. The number of rotatable bonds is 5. The molecule has 0 atom stereocenters. The second-order valence-electron chi connectivity index (χ2n) is 7.65. The monoisotopic (exact) mass is 405 g/mol. The Kier molecular flexibility index (Phi) is 4.44. The van der Waals surface area contributed by atoms with Crippen LogP contribution in [0.25, 0.3) is 11.1 Å². The molecular weight excluding hydrogens is 385 g/mol. The van der Waals surface area contributed by atoms with Crippen LogP contribution in [0.15, 0.2) is 60.7 Å². The molecule has 0 radical (unpaired) electrons. The molecule has 3 aromatic carbocycles. The van der Waals surface area contributed by atoms with Crippen molar-refractivity contribution in [3.63, 3.8) is 0 Å². The minimum absolute atomic E-state index is 0.0348. The molecule has 5 nitrogen and oxygen atoms in total. The Balaban J connectivity index is 1.40. The van der Waals surface area contributed by atoms with Gasteiger partial charge in [0, 0.05) is 0 Å². The molecule has 0 bridgehead atoms. The molecule has 0 spiro atoms. The van der Waals surface area contributed by atoms with Crippen molar-refractivity contribution in [2.45, 2.75) is 24.9 Å². The van der Waals surface area contributed by atoms with Crippen molar-refractivity contribution in [2.24, 2.45) is 0 Å². The van der Waals surface area contributed by atoms with Crippen LogP contribution in [0.5, 0.6) is 11.5 Å². The molecule has 0 unspecified atom stereocenters. The molecule has 1 fully saturated rings. The number of carbonyl (C=O) groups is 1. The SMILES string of the molecule is O=C(Nc1cc(-c2ccc(CO)cc2)ccc1F)C1(c2ccc3c(c2)OCO3)CC1. The number of aliphatic hydroxyl groups is 1. The van der Waals surface area contributed by atoms with Crippen LogP contribution in [0.2, 0.25) is 0 Å². The molecule has 30 heavy (non-hydrogen) atoms. The molecule has 2 aliphatic rings. The van der Waals surface area contributed by atoms with Crippen LogP contribution in [0.1, 0.15) is 24.0 Å². The van der Waals surface area contributed by atoms with E-state index in [-0.39, 0.29) is 25.0 Å². The first-order valence-electron chi connectivity index (χ1n) is 9.80. The highest BCUT2D eigenvalue weighted by atomic mass is 19.1. The lowest BCUT2D eigenvalue weighted by atomic mass is 9.94. The van der Waals surface area contributed by atoms with E-state index in [1.165, 1.54) is 6.07 Å². The number of ether oxygens (including phenoxy) is 2. The Bertz CT molecular complexity index is 1120. The summed E-state index contributed by atoms with van der Waals surface area (Å²) in [4.78, 5) is 13.1. The summed E-state index contributed by atoms with van der Waals surface area (Å²) in [6, 6.07) is 17.5. The van der Waals surface area contributed by atoms with Gasteiger partial charge in [-0.3, -0.25) is 4.79 Å². The van der Waals surface area contributed by atoms with E-state index < -0.39 is 11.2 Å². The number of amides is 1. The Morgan fingerprint density at radius 2 is 1.70 bits per heavy atom. The van der Waals surface area contributed by atoms with E-state index in [0.717, 1.165) is 22.3 Å². The predicted octanol–water partition coefficient (Wildman–Crippen LogP) is 4.38. The molecule has 1 aliphatic carbocycles. The maximum Gasteiger partial charge on any atom is 0.235 e. The zero-order valence-corrected chi connectivity index (χ0v) is 16.2. The average Bonchev–Trinajstić information content (AvgIpc) is 3.46. The molecule has 0 aromatic heterocycles. The van der Waals surface area contributed by atoms with Crippen LogP contribution in [0, 0.1) is 5.82 Å². The van der Waals surface area contributed by atoms with Gasteiger partial charge in [0.05, 0.1) is 17.7 Å². The zero-order valence-electron chi connectivity index (χ0n) is 16.2. The number of hydrogen-bond acceptors (Lipinski definition) is 4. The first kappa shape index (κ1) is 18.6. The van der Waals surface area contributed by atoms with Crippen LogP contribution in [0.4, 0.5) is 10.1 Å². The molecular formula is C24H20FNO4. The predicted molar refractivity (Wildman–Crippen MR) is 110 cm³/mol. The molecule has 1 aliphatic heterocycles. The summed E-state index contributed by atoms with van der Waals surface area (Å²) in [5.41, 5.74) is 2.78. The highest BCUT2D eigenvalue weighted by Crippen LogP contribution is 2.51. The Hall–Kier alpha value is -3.38. The van der Waals surface area contributed by atoms with Crippen LogP contribution >= 0.6 is 0 Å². The van der Waals surface area contributed by atoms with Gasteiger partial charge in [-0.1, -0.05) is 36.4 Å². The first-order chi connectivity index (χ1) is 14.6. The third-order valence-electron chi connectivity index (χ3n) is 5.79. The summed E-state index contributed by atoms with van der Waals surface area (Å²) in [7, 11) is 0. The molecule has 5 rings (SSSR count). The van der Waals surface area contributed by atoms with Gasteiger partial charge in [0.1, 0.15) is 5.82 Å². The van der Waals surface area contributed by atoms with Crippen molar-refractivity contribution in [2.75, 3.05) is 12.1 Å². The number of nitrogens with one attached hydrogen (secondary N) is 1. The number of anilines is 1. The number of halogens is 1. The van der Waals surface area contributed by atoms with Crippen LogP contribution in [-0.2, 0) is 16.8 Å². The van der Waals surface area contributed by atoms with Crippen molar-refractivity contribution in [3.05, 3.63) is 77.6 Å². The van der Waals surface area contributed by atoms with E-state index in [0.29, 0.717) is 24.3 Å². The highest BCUT2D eigenvalue weighted by Gasteiger charge is 2.51. The molecule has 6 heteroatoms.